The van der Waals surface area contributed by atoms with Crippen molar-refractivity contribution in [3.05, 3.63) is 34.3 Å². The Balaban J connectivity index is 2.32. The quantitative estimate of drug-likeness (QED) is 0.763. The van der Waals surface area contributed by atoms with Crippen molar-refractivity contribution in [3.8, 4) is 6.07 Å². The molecule has 1 atom stereocenters. The van der Waals surface area contributed by atoms with Crippen LogP contribution >= 0.6 is 15.9 Å². The second-order valence-corrected chi connectivity index (χ2v) is 6.53. The van der Waals surface area contributed by atoms with Crippen LogP contribution in [0.3, 0.4) is 0 Å². The molecule has 0 spiro atoms. The summed E-state index contributed by atoms with van der Waals surface area (Å²) in [5.41, 5.74) is -2.17. The highest BCUT2D eigenvalue weighted by atomic mass is 79.9. The van der Waals surface area contributed by atoms with Crippen LogP contribution in [0, 0.1) is 11.3 Å². The van der Waals surface area contributed by atoms with Crippen LogP contribution in [-0.4, -0.2) is 29.8 Å². The predicted molar refractivity (Wildman–Crippen MR) is 86.4 cm³/mol. The number of benzene rings is 1. The van der Waals surface area contributed by atoms with E-state index in [4.69, 9.17) is 5.26 Å². The molecule has 1 saturated carbocycles. The van der Waals surface area contributed by atoms with Crippen molar-refractivity contribution in [2.24, 2.45) is 0 Å². The van der Waals surface area contributed by atoms with E-state index in [0.29, 0.717) is 6.42 Å². The molecule has 128 valence electrons. The molecule has 0 unspecified atom stereocenters. The summed E-state index contributed by atoms with van der Waals surface area (Å²) in [7, 11) is 0. The largest absolute Gasteiger partial charge is 0.341 e. The van der Waals surface area contributed by atoms with Gasteiger partial charge in [0.25, 0.3) is 17.7 Å². The van der Waals surface area contributed by atoms with E-state index in [1.54, 1.807) is 18.2 Å². The molecule has 24 heavy (non-hydrogen) atoms. The van der Waals surface area contributed by atoms with Crippen molar-refractivity contribution in [2.45, 2.75) is 37.1 Å². The highest BCUT2D eigenvalue weighted by Crippen LogP contribution is 2.42. The minimum Gasteiger partial charge on any atom is -0.341 e. The Morgan fingerprint density at radius 3 is 2.42 bits per heavy atom. The summed E-state index contributed by atoms with van der Waals surface area (Å²) in [5, 5.41) is 13.0. The van der Waals surface area contributed by atoms with Gasteiger partial charge in [0.2, 0.25) is 0 Å². The van der Waals surface area contributed by atoms with Gasteiger partial charge in [-0.3, -0.25) is 9.59 Å². The molecule has 0 aromatic heterocycles. The van der Waals surface area contributed by atoms with Gasteiger partial charge in [0.15, 0.2) is 5.54 Å². The van der Waals surface area contributed by atoms with Gasteiger partial charge in [-0.15, -0.1) is 0 Å². The van der Waals surface area contributed by atoms with Crippen molar-refractivity contribution in [3.63, 3.8) is 0 Å². The van der Waals surface area contributed by atoms with Crippen LogP contribution in [-0.2, 0) is 4.79 Å². The number of hydrogen-bond donors (Lipinski definition) is 2. The van der Waals surface area contributed by atoms with Gasteiger partial charge in [0, 0.05) is 16.5 Å². The number of nitriles is 1. The van der Waals surface area contributed by atoms with Crippen molar-refractivity contribution >= 4 is 27.7 Å². The number of rotatable bonds is 4. The Kier molecular flexibility index (Phi) is 5.54. The average Bonchev–Trinajstić information content (AvgIpc) is 2.55. The first kappa shape index (κ1) is 18.3. The van der Waals surface area contributed by atoms with Crippen LogP contribution in [0.25, 0.3) is 0 Å². The fraction of sp³-hybridized carbons (Fsp3) is 0.438. The lowest BCUT2D eigenvalue weighted by atomic mass is 9.77. The lowest BCUT2D eigenvalue weighted by Crippen LogP contribution is -2.69. The minimum atomic E-state index is -3.39. The molecule has 1 fully saturated rings. The van der Waals surface area contributed by atoms with Gasteiger partial charge in [-0.1, -0.05) is 22.4 Å². The first-order valence-electron chi connectivity index (χ1n) is 7.43. The van der Waals surface area contributed by atoms with Gasteiger partial charge in [0.1, 0.15) is 6.54 Å². The number of amides is 2. The molecule has 2 amide bonds. The lowest BCUT2D eigenvalue weighted by molar-refractivity contribution is -0.155. The Morgan fingerprint density at radius 1 is 1.21 bits per heavy atom. The second kappa shape index (κ2) is 7.26. The van der Waals surface area contributed by atoms with Crippen LogP contribution in [0.5, 0.6) is 0 Å². The van der Waals surface area contributed by atoms with E-state index in [1.165, 1.54) is 12.1 Å². The van der Waals surface area contributed by atoms with Crippen molar-refractivity contribution in [2.75, 3.05) is 6.54 Å². The summed E-state index contributed by atoms with van der Waals surface area (Å²) < 4.78 is 29.9. The number of halogens is 3. The first-order chi connectivity index (χ1) is 11.3. The summed E-state index contributed by atoms with van der Waals surface area (Å²) in [6.07, 6.45) is -0.0161. The van der Waals surface area contributed by atoms with Gasteiger partial charge >= 0.3 is 0 Å². The third-order valence-electron chi connectivity index (χ3n) is 4.07. The van der Waals surface area contributed by atoms with Gasteiger partial charge in [-0.2, -0.15) is 5.26 Å². The predicted octanol–water partition coefficient (Wildman–Crippen LogP) is 2.77. The molecule has 1 aromatic rings. The zero-order chi connectivity index (χ0) is 17.8. The van der Waals surface area contributed by atoms with Crippen molar-refractivity contribution in [1.29, 1.82) is 5.26 Å². The number of hydrogen-bond acceptors (Lipinski definition) is 3. The standard InChI is InChI=1S/C16H16BrF2N3O2/c17-12-5-3-11(4-6-12)13(23)22-15(14(24)21-10-9-20)7-1-2-8-16(15,18)19/h3-6H,1-2,7-8,10H2,(H,21,24)(H,22,23)/t15-/m1/s1. The van der Waals surface area contributed by atoms with E-state index in [-0.39, 0.29) is 18.4 Å². The van der Waals surface area contributed by atoms with Gasteiger partial charge < -0.3 is 10.6 Å². The van der Waals surface area contributed by atoms with Crippen LogP contribution in [0.15, 0.2) is 28.7 Å². The van der Waals surface area contributed by atoms with Crippen LogP contribution in [0.1, 0.15) is 36.0 Å². The molecule has 1 aromatic carbocycles. The van der Waals surface area contributed by atoms with Crippen molar-refractivity contribution in [1.82, 2.24) is 10.6 Å². The molecule has 0 radical (unpaired) electrons. The second-order valence-electron chi connectivity index (χ2n) is 5.62. The van der Waals surface area contributed by atoms with E-state index in [2.05, 4.69) is 26.6 Å². The van der Waals surface area contributed by atoms with E-state index < -0.39 is 36.2 Å². The molecule has 1 aliphatic carbocycles. The third kappa shape index (κ3) is 3.56. The number of alkyl halides is 2. The Labute approximate surface area is 146 Å². The van der Waals surface area contributed by atoms with E-state index >= 15 is 0 Å². The average molecular weight is 400 g/mol. The zero-order valence-electron chi connectivity index (χ0n) is 12.7. The normalized spacial score (nSPS) is 22.2. The molecule has 5 nitrogen and oxygen atoms in total. The molecule has 0 bridgehead atoms. The van der Waals surface area contributed by atoms with Gasteiger partial charge in [-0.05, 0) is 37.1 Å². The van der Waals surface area contributed by atoms with Crippen LogP contribution < -0.4 is 10.6 Å². The number of carbonyl (C=O) groups is 2. The maximum absolute atomic E-state index is 14.6. The summed E-state index contributed by atoms with van der Waals surface area (Å²) in [4.78, 5) is 24.7. The highest BCUT2D eigenvalue weighted by molar-refractivity contribution is 9.10. The summed E-state index contributed by atoms with van der Waals surface area (Å²) in [6, 6.07) is 7.84. The maximum atomic E-state index is 14.6. The fourth-order valence-electron chi connectivity index (χ4n) is 2.76. The zero-order valence-corrected chi connectivity index (χ0v) is 14.3. The van der Waals surface area contributed by atoms with Gasteiger partial charge in [0.05, 0.1) is 6.07 Å². The van der Waals surface area contributed by atoms with Crippen LogP contribution in [0.2, 0.25) is 0 Å². The molecular weight excluding hydrogens is 384 g/mol. The van der Waals surface area contributed by atoms with E-state index in [0.717, 1.165) is 4.47 Å². The molecule has 0 saturated heterocycles. The molecule has 0 heterocycles. The Hall–Kier alpha value is -2.01. The summed E-state index contributed by atoms with van der Waals surface area (Å²) >= 11 is 3.23. The monoisotopic (exact) mass is 399 g/mol. The Bertz CT molecular complexity index is 673. The molecule has 1 aliphatic rings. The SMILES string of the molecule is N#CCNC(=O)[C@]1(NC(=O)c2ccc(Br)cc2)CCCCC1(F)F. The topological polar surface area (TPSA) is 82.0 Å². The van der Waals surface area contributed by atoms with E-state index in [1.807, 2.05) is 0 Å². The van der Waals surface area contributed by atoms with Crippen molar-refractivity contribution < 1.29 is 18.4 Å². The smallest absolute Gasteiger partial charge is 0.279 e. The molecule has 2 N–H and O–H groups in total. The number of carbonyl (C=O) groups excluding carboxylic acids is 2. The molecular formula is C16H16BrF2N3O2. The third-order valence-corrected chi connectivity index (χ3v) is 4.59. The van der Waals surface area contributed by atoms with E-state index in [9.17, 15) is 18.4 Å². The van der Waals surface area contributed by atoms with Gasteiger partial charge in [-0.25, -0.2) is 8.78 Å². The van der Waals surface area contributed by atoms with Crippen LogP contribution in [0.4, 0.5) is 8.78 Å². The molecule has 0 aliphatic heterocycles. The number of nitrogens with zero attached hydrogens (tertiary/aromatic N) is 1. The number of nitrogens with one attached hydrogen (secondary N) is 2. The molecule has 8 heteroatoms. The fourth-order valence-corrected chi connectivity index (χ4v) is 3.03. The summed E-state index contributed by atoms with van der Waals surface area (Å²) in [6.45, 7) is -0.398. The Morgan fingerprint density at radius 2 is 1.83 bits per heavy atom. The maximum Gasteiger partial charge on any atom is 0.279 e. The summed E-state index contributed by atoms with van der Waals surface area (Å²) in [5.74, 6) is -5.18. The highest BCUT2D eigenvalue weighted by Gasteiger charge is 2.60. The minimum absolute atomic E-state index is 0.173. The lowest BCUT2D eigenvalue weighted by Gasteiger charge is -2.42. The molecule has 2 rings (SSSR count). The first-order valence-corrected chi connectivity index (χ1v) is 8.23.